The van der Waals surface area contributed by atoms with Crippen molar-refractivity contribution in [1.82, 2.24) is 19.7 Å². The van der Waals surface area contributed by atoms with Gasteiger partial charge in [0, 0.05) is 11.5 Å². The average molecular weight is 532 g/mol. The van der Waals surface area contributed by atoms with Crippen molar-refractivity contribution in [3.63, 3.8) is 0 Å². The zero-order valence-electron chi connectivity index (χ0n) is 18.7. The van der Waals surface area contributed by atoms with Gasteiger partial charge in [-0.2, -0.15) is 23.5 Å². The Morgan fingerprint density at radius 3 is 2.59 bits per heavy atom. The maximum absolute atomic E-state index is 14.0. The van der Waals surface area contributed by atoms with Gasteiger partial charge in [-0.15, -0.1) is 0 Å². The van der Waals surface area contributed by atoms with Gasteiger partial charge in [-0.05, 0) is 31.2 Å². The minimum Gasteiger partial charge on any atom is -0.364 e. The zero-order chi connectivity index (χ0) is 27.1. The molecule has 0 radical (unpaired) electrons. The van der Waals surface area contributed by atoms with Gasteiger partial charge in [0.25, 0.3) is 11.8 Å². The van der Waals surface area contributed by atoms with Gasteiger partial charge >= 0.3 is 6.18 Å². The standard InChI is InChI=1S/C23H14ClF4N7O2/c1-10-19(20(23(26,27)28)34-35(10)9-12-4-2-3-11(8-29)31-12)33-22(37)14-6-18(21(30)36)32-17-7-16(25)15(24)5-13(14)17/h2-7H,9H2,1H3,(H2,30,36)(H,33,37). The van der Waals surface area contributed by atoms with E-state index in [0.717, 1.165) is 22.9 Å². The van der Waals surface area contributed by atoms with Crippen molar-refractivity contribution in [3.05, 3.63) is 81.3 Å². The van der Waals surface area contributed by atoms with Crippen LogP contribution in [0, 0.1) is 24.1 Å². The molecule has 0 aliphatic rings. The van der Waals surface area contributed by atoms with Crippen molar-refractivity contribution < 1.29 is 27.2 Å². The molecule has 0 saturated heterocycles. The van der Waals surface area contributed by atoms with Crippen LogP contribution < -0.4 is 11.1 Å². The lowest BCUT2D eigenvalue weighted by atomic mass is 10.1. The fourth-order valence-corrected chi connectivity index (χ4v) is 3.71. The summed E-state index contributed by atoms with van der Waals surface area (Å²) in [5, 5.41) is 14.4. The summed E-state index contributed by atoms with van der Waals surface area (Å²) in [5.41, 5.74) is 2.61. The molecule has 0 unspecified atom stereocenters. The number of amides is 2. The lowest BCUT2D eigenvalue weighted by molar-refractivity contribution is -0.140. The smallest absolute Gasteiger partial charge is 0.364 e. The second kappa shape index (κ2) is 9.47. The molecule has 4 aromatic rings. The molecule has 1 aromatic carbocycles. The second-order valence-corrected chi connectivity index (χ2v) is 8.15. The molecule has 14 heteroatoms. The molecule has 3 aromatic heterocycles. The Bertz CT molecular complexity index is 1630. The number of nitrogens with two attached hydrogens (primary N) is 1. The van der Waals surface area contributed by atoms with Crippen LogP contribution in [0.1, 0.15) is 43.6 Å². The van der Waals surface area contributed by atoms with E-state index < -0.39 is 40.9 Å². The monoisotopic (exact) mass is 531 g/mol. The number of nitriles is 1. The number of fused-ring (bicyclic) bond motifs is 1. The minimum atomic E-state index is -4.95. The lowest BCUT2D eigenvalue weighted by Gasteiger charge is -2.12. The summed E-state index contributed by atoms with van der Waals surface area (Å²) in [6.45, 7) is 1.08. The first kappa shape index (κ1) is 25.5. The van der Waals surface area contributed by atoms with E-state index in [1.165, 1.54) is 25.1 Å². The number of halogens is 5. The molecule has 3 N–H and O–H groups in total. The molecule has 2 amide bonds. The van der Waals surface area contributed by atoms with Crippen molar-refractivity contribution >= 4 is 40.0 Å². The van der Waals surface area contributed by atoms with E-state index in [9.17, 15) is 27.2 Å². The van der Waals surface area contributed by atoms with Crippen LogP contribution in [0.5, 0.6) is 0 Å². The maximum Gasteiger partial charge on any atom is 0.437 e. The van der Waals surface area contributed by atoms with Gasteiger partial charge in [-0.3, -0.25) is 14.3 Å². The van der Waals surface area contributed by atoms with Crippen molar-refractivity contribution in [2.24, 2.45) is 5.73 Å². The highest BCUT2D eigenvalue weighted by Gasteiger charge is 2.39. The topological polar surface area (TPSA) is 140 Å². The normalized spacial score (nSPS) is 11.4. The van der Waals surface area contributed by atoms with Gasteiger partial charge in [-0.1, -0.05) is 17.7 Å². The molecule has 37 heavy (non-hydrogen) atoms. The molecular formula is C23H14ClF4N7O2. The molecule has 3 heterocycles. The first-order chi connectivity index (χ1) is 17.4. The molecular weight excluding hydrogens is 518 g/mol. The number of hydrogen-bond donors (Lipinski definition) is 2. The highest BCUT2D eigenvalue weighted by atomic mass is 35.5. The van der Waals surface area contributed by atoms with E-state index in [2.05, 4.69) is 20.4 Å². The Kier molecular flexibility index (Phi) is 6.53. The number of nitrogens with zero attached hydrogens (tertiary/aromatic N) is 5. The number of nitrogens with one attached hydrogen (secondary N) is 1. The molecule has 0 saturated carbocycles. The number of pyridine rings is 2. The quantitative estimate of drug-likeness (QED) is 0.370. The van der Waals surface area contributed by atoms with Crippen LogP contribution in [0.25, 0.3) is 10.9 Å². The number of primary amides is 1. The van der Waals surface area contributed by atoms with Crippen molar-refractivity contribution in [1.29, 1.82) is 5.26 Å². The summed E-state index contributed by atoms with van der Waals surface area (Å²) in [4.78, 5) is 32.8. The van der Waals surface area contributed by atoms with E-state index >= 15 is 0 Å². The van der Waals surface area contributed by atoms with Gasteiger partial charge in [0.05, 0.1) is 39.7 Å². The number of benzene rings is 1. The predicted molar refractivity (Wildman–Crippen MR) is 123 cm³/mol. The van der Waals surface area contributed by atoms with Crippen LogP contribution >= 0.6 is 11.6 Å². The first-order valence-corrected chi connectivity index (χ1v) is 10.7. The molecule has 4 rings (SSSR count). The van der Waals surface area contributed by atoms with E-state index in [-0.39, 0.29) is 45.1 Å². The molecule has 9 nitrogen and oxygen atoms in total. The number of aromatic nitrogens is 4. The Hall–Kier alpha value is -4.57. The van der Waals surface area contributed by atoms with Crippen LogP contribution in [0.3, 0.4) is 0 Å². The summed E-state index contributed by atoms with van der Waals surface area (Å²) in [5.74, 6) is -3.01. The van der Waals surface area contributed by atoms with E-state index in [1.54, 1.807) is 0 Å². The SMILES string of the molecule is Cc1c(NC(=O)c2cc(C(N)=O)nc3cc(F)c(Cl)cc23)c(C(F)(F)F)nn1Cc1cccc(C#N)n1. The van der Waals surface area contributed by atoms with Gasteiger partial charge < -0.3 is 11.1 Å². The minimum absolute atomic E-state index is 0.0231. The predicted octanol–water partition coefficient (Wildman–Crippen LogP) is 4.22. The average Bonchev–Trinajstić information content (AvgIpc) is 3.14. The molecule has 188 valence electrons. The molecule has 0 aliphatic heterocycles. The highest BCUT2D eigenvalue weighted by molar-refractivity contribution is 6.31. The van der Waals surface area contributed by atoms with Crippen molar-refractivity contribution in [2.75, 3.05) is 5.32 Å². The van der Waals surface area contributed by atoms with E-state index in [0.29, 0.717) is 0 Å². The summed E-state index contributed by atoms with van der Waals surface area (Å²) >= 11 is 5.82. The molecule has 0 aliphatic carbocycles. The Morgan fingerprint density at radius 1 is 1.22 bits per heavy atom. The lowest BCUT2D eigenvalue weighted by Crippen LogP contribution is -2.19. The van der Waals surface area contributed by atoms with Crippen LogP contribution in [-0.4, -0.2) is 31.6 Å². The largest absolute Gasteiger partial charge is 0.437 e. The van der Waals surface area contributed by atoms with Crippen molar-refractivity contribution in [2.45, 2.75) is 19.6 Å². The number of alkyl halides is 3. The Morgan fingerprint density at radius 2 is 1.95 bits per heavy atom. The van der Waals surface area contributed by atoms with Gasteiger partial charge in [0.1, 0.15) is 23.3 Å². The summed E-state index contributed by atoms with van der Waals surface area (Å²) < 4.78 is 56.5. The third kappa shape index (κ3) is 5.05. The first-order valence-electron chi connectivity index (χ1n) is 10.3. The Labute approximate surface area is 210 Å². The fourth-order valence-electron chi connectivity index (χ4n) is 3.55. The molecule has 0 fully saturated rings. The number of rotatable bonds is 5. The second-order valence-electron chi connectivity index (χ2n) is 7.75. The summed E-state index contributed by atoms with van der Waals surface area (Å²) in [6.07, 6.45) is -4.95. The number of carbonyl (C=O) groups is 2. The number of anilines is 1. The van der Waals surface area contributed by atoms with E-state index in [4.69, 9.17) is 22.6 Å². The van der Waals surface area contributed by atoms with E-state index in [1.807, 2.05) is 6.07 Å². The zero-order valence-corrected chi connectivity index (χ0v) is 19.4. The van der Waals surface area contributed by atoms with Crippen LogP contribution in [0.15, 0.2) is 36.4 Å². The third-order valence-electron chi connectivity index (χ3n) is 5.29. The summed E-state index contributed by atoms with van der Waals surface area (Å²) in [7, 11) is 0. The Balaban J connectivity index is 1.80. The highest BCUT2D eigenvalue weighted by Crippen LogP contribution is 2.36. The van der Waals surface area contributed by atoms with Gasteiger partial charge in [0.2, 0.25) is 0 Å². The van der Waals surface area contributed by atoms with Gasteiger partial charge in [0.15, 0.2) is 5.69 Å². The molecule has 0 bridgehead atoms. The van der Waals surface area contributed by atoms with Crippen LogP contribution in [0.4, 0.5) is 23.2 Å². The van der Waals surface area contributed by atoms with Gasteiger partial charge in [-0.25, -0.2) is 14.4 Å². The number of carbonyl (C=O) groups excluding carboxylic acids is 2. The maximum atomic E-state index is 14.0. The molecule has 0 atom stereocenters. The van der Waals surface area contributed by atoms with Crippen LogP contribution in [-0.2, 0) is 12.7 Å². The summed E-state index contributed by atoms with van der Waals surface area (Å²) in [6, 6.07) is 9.20. The number of hydrogen-bond acceptors (Lipinski definition) is 6. The third-order valence-corrected chi connectivity index (χ3v) is 5.58. The van der Waals surface area contributed by atoms with Crippen LogP contribution in [0.2, 0.25) is 5.02 Å². The molecule has 0 spiro atoms. The van der Waals surface area contributed by atoms with Crippen molar-refractivity contribution in [3.8, 4) is 6.07 Å². The fraction of sp³-hybridized carbons (Fsp3) is 0.130.